The van der Waals surface area contributed by atoms with Gasteiger partial charge in [0.2, 0.25) is 10.0 Å². The second-order valence-corrected chi connectivity index (χ2v) is 7.28. The topological polar surface area (TPSA) is 113 Å². The van der Waals surface area contributed by atoms with Crippen molar-refractivity contribution < 1.29 is 27.9 Å². The van der Waals surface area contributed by atoms with Crippen LogP contribution in [-0.2, 0) is 14.8 Å². The smallest absolute Gasteiger partial charge is 0.305 e. The first-order chi connectivity index (χ1) is 11.4. The van der Waals surface area contributed by atoms with Crippen LogP contribution in [0.4, 0.5) is 0 Å². The molecule has 8 nitrogen and oxygen atoms in total. The van der Waals surface area contributed by atoms with Crippen molar-refractivity contribution >= 4 is 21.9 Å². The number of ether oxygens (including phenoxy) is 1. The number of rotatable bonds is 7. The fourth-order valence-electron chi connectivity index (χ4n) is 2.47. The minimum atomic E-state index is -3.74. The van der Waals surface area contributed by atoms with Gasteiger partial charge in [0.1, 0.15) is 10.6 Å². The number of aliphatic carboxylic acids is 1. The highest BCUT2D eigenvalue weighted by atomic mass is 32.2. The van der Waals surface area contributed by atoms with E-state index in [1.165, 1.54) is 29.6 Å². The Hall–Kier alpha value is -2.13. The van der Waals surface area contributed by atoms with Crippen molar-refractivity contribution in [2.24, 2.45) is 0 Å². The van der Waals surface area contributed by atoms with Crippen LogP contribution in [0.25, 0.3) is 0 Å². The van der Waals surface area contributed by atoms with E-state index in [1.807, 2.05) is 0 Å². The average Bonchev–Trinajstić information content (AvgIpc) is 3.09. The molecule has 0 spiro atoms. The van der Waals surface area contributed by atoms with E-state index in [9.17, 15) is 18.0 Å². The third-order valence-corrected chi connectivity index (χ3v) is 5.65. The third-order valence-electron chi connectivity index (χ3n) is 3.73. The molecule has 132 valence electrons. The Morgan fingerprint density at radius 3 is 2.54 bits per heavy atom. The molecule has 24 heavy (non-hydrogen) atoms. The largest absolute Gasteiger partial charge is 0.495 e. The zero-order chi connectivity index (χ0) is 17.7. The van der Waals surface area contributed by atoms with Gasteiger partial charge in [-0.05, 0) is 31.0 Å². The van der Waals surface area contributed by atoms with Crippen molar-refractivity contribution in [1.82, 2.24) is 9.62 Å². The van der Waals surface area contributed by atoms with Gasteiger partial charge in [-0.2, -0.15) is 4.31 Å². The SMILES string of the molecule is COc1ccc(C(=O)NCCC(=O)O)cc1S(=O)(=O)N1CCCC1. The highest BCUT2D eigenvalue weighted by molar-refractivity contribution is 7.89. The van der Waals surface area contributed by atoms with Crippen LogP contribution in [0.3, 0.4) is 0 Å². The lowest BCUT2D eigenvalue weighted by Gasteiger charge is -2.18. The molecule has 0 radical (unpaired) electrons. The number of carboxylic acid groups (broad SMARTS) is 1. The number of nitrogens with one attached hydrogen (secondary N) is 1. The van der Waals surface area contributed by atoms with Crippen molar-refractivity contribution in [2.75, 3.05) is 26.7 Å². The Morgan fingerprint density at radius 2 is 1.96 bits per heavy atom. The van der Waals surface area contributed by atoms with Crippen LogP contribution in [0, 0.1) is 0 Å². The highest BCUT2D eigenvalue weighted by Crippen LogP contribution is 2.29. The number of methoxy groups -OCH3 is 1. The first-order valence-electron chi connectivity index (χ1n) is 7.54. The van der Waals surface area contributed by atoms with E-state index in [1.54, 1.807) is 0 Å². The predicted octanol–water partition coefficient (Wildman–Crippen LogP) is 0.684. The van der Waals surface area contributed by atoms with Gasteiger partial charge in [-0.3, -0.25) is 9.59 Å². The molecule has 2 N–H and O–H groups in total. The number of amides is 1. The van der Waals surface area contributed by atoms with E-state index < -0.39 is 21.9 Å². The van der Waals surface area contributed by atoms with Crippen LogP contribution in [0.1, 0.15) is 29.6 Å². The predicted molar refractivity (Wildman–Crippen MR) is 85.6 cm³/mol. The minimum Gasteiger partial charge on any atom is -0.495 e. The molecular weight excluding hydrogens is 336 g/mol. The van der Waals surface area contributed by atoms with Crippen molar-refractivity contribution in [1.29, 1.82) is 0 Å². The summed E-state index contributed by atoms with van der Waals surface area (Å²) >= 11 is 0. The molecule has 0 bridgehead atoms. The van der Waals surface area contributed by atoms with Crippen molar-refractivity contribution in [2.45, 2.75) is 24.2 Å². The second-order valence-electron chi connectivity index (χ2n) is 5.38. The molecule has 1 aromatic rings. The number of carboxylic acids is 1. The molecule has 1 aromatic carbocycles. The van der Waals surface area contributed by atoms with E-state index in [0.29, 0.717) is 13.1 Å². The van der Waals surface area contributed by atoms with E-state index in [2.05, 4.69) is 5.32 Å². The molecule has 0 unspecified atom stereocenters. The van der Waals surface area contributed by atoms with E-state index in [4.69, 9.17) is 9.84 Å². The Labute approximate surface area is 140 Å². The third kappa shape index (κ3) is 4.04. The summed E-state index contributed by atoms with van der Waals surface area (Å²) in [5.74, 6) is -1.39. The Kier molecular flexibility index (Phi) is 5.79. The first-order valence-corrected chi connectivity index (χ1v) is 8.98. The maximum Gasteiger partial charge on any atom is 0.305 e. The Morgan fingerprint density at radius 1 is 1.29 bits per heavy atom. The number of nitrogens with zero attached hydrogens (tertiary/aromatic N) is 1. The molecule has 1 saturated heterocycles. The average molecular weight is 356 g/mol. The number of hydrogen-bond acceptors (Lipinski definition) is 5. The lowest BCUT2D eigenvalue weighted by Crippen LogP contribution is -2.29. The monoisotopic (exact) mass is 356 g/mol. The molecule has 0 aromatic heterocycles. The molecule has 0 aliphatic carbocycles. The molecular formula is C15H20N2O6S. The molecule has 1 aliphatic heterocycles. The van der Waals surface area contributed by atoms with E-state index in [0.717, 1.165) is 12.8 Å². The van der Waals surface area contributed by atoms with Crippen LogP contribution in [0.15, 0.2) is 23.1 Å². The Balaban J connectivity index is 2.27. The second kappa shape index (κ2) is 7.63. The van der Waals surface area contributed by atoms with Crippen LogP contribution >= 0.6 is 0 Å². The van der Waals surface area contributed by atoms with Crippen molar-refractivity contribution in [3.05, 3.63) is 23.8 Å². The van der Waals surface area contributed by atoms with Crippen LogP contribution < -0.4 is 10.1 Å². The summed E-state index contributed by atoms with van der Waals surface area (Å²) in [6.07, 6.45) is 1.40. The maximum absolute atomic E-state index is 12.7. The Bertz CT molecular complexity index is 725. The van der Waals surface area contributed by atoms with Gasteiger partial charge in [-0.15, -0.1) is 0 Å². The fraction of sp³-hybridized carbons (Fsp3) is 0.467. The summed E-state index contributed by atoms with van der Waals surface area (Å²) in [6.45, 7) is 0.857. The van der Waals surface area contributed by atoms with Gasteiger partial charge in [-0.25, -0.2) is 8.42 Å². The van der Waals surface area contributed by atoms with Crippen molar-refractivity contribution in [3.63, 3.8) is 0 Å². The molecule has 1 aliphatic rings. The van der Waals surface area contributed by atoms with Gasteiger partial charge < -0.3 is 15.2 Å². The summed E-state index contributed by atoms with van der Waals surface area (Å²) < 4.78 is 32.0. The standard InChI is InChI=1S/C15H20N2O6S/c1-23-12-5-4-11(15(20)16-7-6-14(18)19)10-13(12)24(21,22)17-8-2-3-9-17/h4-5,10H,2-3,6-9H2,1H3,(H,16,20)(H,18,19). The van der Waals surface area contributed by atoms with Gasteiger partial charge in [0, 0.05) is 25.2 Å². The van der Waals surface area contributed by atoms with Crippen LogP contribution in [0.2, 0.25) is 0 Å². The van der Waals surface area contributed by atoms with Gasteiger partial charge in [-0.1, -0.05) is 0 Å². The summed E-state index contributed by atoms with van der Waals surface area (Å²) in [7, 11) is -2.37. The molecule has 1 heterocycles. The zero-order valence-electron chi connectivity index (χ0n) is 13.3. The molecule has 1 amide bonds. The molecule has 9 heteroatoms. The minimum absolute atomic E-state index is 0.0333. The molecule has 0 saturated carbocycles. The first kappa shape index (κ1) is 18.2. The number of benzene rings is 1. The van der Waals surface area contributed by atoms with Crippen molar-refractivity contribution in [3.8, 4) is 5.75 Å². The highest BCUT2D eigenvalue weighted by Gasteiger charge is 2.30. The summed E-state index contributed by atoms with van der Waals surface area (Å²) in [5.41, 5.74) is 0.138. The van der Waals surface area contributed by atoms with Gasteiger partial charge >= 0.3 is 5.97 Å². The number of hydrogen-bond donors (Lipinski definition) is 2. The van der Waals surface area contributed by atoms with E-state index >= 15 is 0 Å². The van der Waals surface area contributed by atoms with Gasteiger partial charge in [0.05, 0.1) is 13.5 Å². The number of sulfonamides is 1. The van der Waals surface area contributed by atoms with Gasteiger partial charge in [0.25, 0.3) is 5.91 Å². The maximum atomic E-state index is 12.7. The number of carbonyl (C=O) groups excluding carboxylic acids is 1. The lowest BCUT2D eigenvalue weighted by atomic mass is 10.2. The van der Waals surface area contributed by atoms with Crippen LogP contribution in [-0.4, -0.2) is 56.5 Å². The molecule has 1 fully saturated rings. The normalized spacial score (nSPS) is 15.2. The summed E-state index contributed by atoms with van der Waals surface area (Å²) in [5, 5.41) is 11.0. The van der Waals surface area contributed by atoms with E-state index in [-0.39, 0.29) is 29.2 Å². The molecule has 0 atom stereocenters. The quantitative estimate of drug-likeness (QED) is 0.743. The summed E-state index contributed by atoms with van der Waals surface area (Å²) in [6, 6.07) is 4.13. The molecule has 2 rings (SSSR count). The van der Waals surface area contributed by atoms with Gasteiger partial charge in [0.15, 0.2) is 0 Å². The van der Waals surface area contributed by atoms with Crippen LogP contribution in [0.5, 0.6) is 5.75 Å². The number of carbonyl (C=O) groups is 2. The lowest BCUT2D eigenvalue weighted by molar-refractivity contribution is -0.136. The zero-order valence-corrected chi connectivity index (χ0v) is 14.1. The summed E-state index contributed by atoms with van der Waals surface area (Å²) in [4.78, 5) is 22.5. The fourth-order valence-corrected chi connectivity index (χ4v) is 4.17.